The van der Waals surface area contributed by atoms with Gasteiger partial charge in [0.15, 0.2) is 0 Å². The standard InChI is InChI=1S/C26H26ClFN4O3/c1-17(25(34)30-12-13-33)14-24(32(2)18-8-4-3-5-9-18)31-26(35)19-15-20(22(28)16-21(19)27)23-10-6-7-11-29-23/h4,6-11,14-16,33H,1,3,5,12-13H2,2H3,(H,30,34)(H,31,35)/b24-14-. The first-order valence-electron chi connectivity index (χ1n) is 10.9. The van der Waals surface area contributed by atoms with Crippen LogP contribution in [0.15, 0.2) is 84.5 Å². The van der Waals surface area contributed by atoms with Crippen molar-refractivity contribution in [3.05, 3.63) is 101 Å². The van der Waals surface area contributed by atoms with Gasteiger partial charge >= 0.3 is 0 Å². The lowest BCUT2D eigenvalue weighted by atomic mass is 10.1. The largest absolute Gasteiger partial charge is 0.395 e. The maximum atomic E-state index is 14.6. The van der Waals surface area contributed by atoms with Crippen molar-refractivity contribution in [1.82, 2.24) is 20.5 Å². The normalized spacial score (nSPS) is 13.1. The van der Waals surface area contributed by atoms with Gasteiger partial charge in [0.1, 0.15) is 11.6 Å². The molecule has 0 spiro atoms. The average Bonchev–Trinajstić information content (AvgIpc) is 2.87. The summed E-state index contributed by atoms with van der Waals surface area (Å²) in [7, 11) is 1.73. The summed E-state index contributed by atoms with van der Waals surface area (Å²) >= 11 is 6.23. The maximum Gasteiger partial charge on any atom is 0.258 e. The van der Waals surface area contributed by atoms with Crippen LogP contribution in [0.4, 0.5) is 4.39 Å². The lowest BCUT2D eigenvalue weighted by Gasteiger charge is -2.26. The molecule has 3 N–H and O–H groups in total. The zero-order valence-corrected chi connectivity index (χ0v) is 20.0. The van der Waals surface area contributed by atoms with Gasteiger partial charge in [-0.25, -0.2) is 4.39 Å². The number of hydrogen-bond donors (Lipinski definition) is 3. The van der Waals surface area contributed by atoms with E-state index in [1.807, 2.05) is 18.2 Å². The molecule has 35 heavy (non-hydrogen) atoms. The van der Waals surface area contributed by atoms with Gasteiger partial charge in [-0.3, -0.25) is 14.6 Å². The van der Waals surface area contributed by atoms with E-state index in [9.17, 15) is 14.0 Å². The van der Waals surface area contributed by atoms with Gasteiger partial charge in [-0.1, -0.05) is 36.4 Å². The molecule has 0 atom stereocenters. The quantitative estimate of drug-likeness (QED) is 0.361. The molecule has 182 valence electrons. The predicted molar refractivity (Wildman–Crippen MR) is 134 cm³/mol. The number of likely N-dealkylation sites (N-methyl/N-ethyl adjacent to an activating group) is 1. The van der Waals surface area contributed by atoms with Crippen LogP contribution in [-0.2, 0) is 4.79 Å². The molecule has 0 unspecified atom stereocenters. The van der Waals surface area contributed by atoms with Crippen LogP contribution < -0.4 is 10.6 Å². The number of aliphatic hydroxyl groups excluding tert-OH is 1. The number of allylic oxidation sites excluding steroid dienone is 3. The third-order valence-corrected chi connectivity index (χ3v) is 5.52. The number of halogens is 2. The SMILES string of the molecule is C=C(/C=C(/NC(=O)c1cc(-c2ccccn2)c(F)cc1Cl)N(C)C1=CCCC=C1)C(=O)NCCO. The van der Waals surface area contributed by atoms with E-state index in [0.29, 0.717) is 5.69 Å². The summed E-state index contributed by atoms with van der Waals surface area (Å²) in [4.78, 5) is 31.4. The monoisotopic (exact) mass is 496 g/mol. The Morgan fingerprint density at radius 2 is 2.11 bits per heavy atom. The van der Waals surface area contributed by atoms with Gasteiger partial charge in [-0.2, -0.15) is 0 Å². The van der Waals surface area contributed by atoms with Crippen molar-refractivity contribution < 1.29 is 19.1 Å². The summed E-state index contributed by atoms with van der Waals surface area (Å²) in [5, 5.41) is 14.2. The zero-order chi connectivity index (χ0) is 25.4. The molecule has 0 saturated heterocycles. The fourth-order valence-electron chi connectivity index (χ4n) is 3.34. The summed E-state index contributed by atoms with van der Waals surface area (Å²) in [6.07, 6.45) is 10.6. The first-order chi connectivity index (χ1) is 16.8. The molecule has 0 bridgehead atoms. The molecule has 2 amide bonds. The molecule has 2 aromatic rings. The van der Waals surface area contributed by atoms with Gasteiger partial charge in [0.2, 0.25) is 0 Å². The Kier molecular flexibility index (Phi) is 8.94. The number of hydrogen-bond acceptors (Lipinski definition) is 5. The molecule has 0 radical (unpaired) electrons. The van der Waals surface area contributed by atoms with Crippen molar-refractivity contribution in [1.29, 1.82) is 0 Å². The van der Waals surface area contributed by atoms with Gasteiger partial charge < -0.3 is 20.6 Å². The van der Waals surface area contributed by atoms with Crippen LogP contribution in [0.25, 0.3) is 11.3 Å². The van der Waals surface area contributed by atoms with Gasteiger partial charge in [0.05, 0.1) is 22.9 Å². The third kappa shape index (κ3) is 6.65. The maximum absolute atomic E-state index is 14.6. The summed E-state index contributed by atoms with van der Waals surface area (Å²) in [6.45, 7) is 3.62. The van der Waals surface area contributed by atoms with Gasteiger partial charge in [0.25, 0.3) is 11.8 Å². The number of aliphatic hydroxyl groups is 1. The van der Waals surface area contributed by atoms with E-state index < -0.39 is 17.6 Å². The molecule has 1 aromatic heterocycles. The molecule has 9 heteroatoms. The average molecular weight is 497 g/mol. The Balaban J connectivity index is 1.95. The van der Waals surface area contributed by atoms with Crippen molar-refractivity contribution in [3.8, 4) is 11.3 Å². The van der Waals surface area contributed by atoms with Crippen LogP contribution in [0, 0.1) is 5.82 Å². The van der Waals surface area contributed by atoms with Gasteiger partial charge in [0, 0.05) is 36.6 Å². The minimum Gasteiger partial charge on any atom is -0.395 e. The van der Waals surface area contributed by atoms with Crippen molar-refractivity contribution in [2.75, 3.05) is 20.2 Å². The molecule has 7 nitrogen and oxygen atoms in total. The van der Waals surface area contributed by atoms with E-state index >= 15 is 0 Å². The van der Waals surface area contributed by atoms with Crippen LogP contribution >= 0.6 is 11.6 Å². The highest BCUT2D eigenvalue weighted by atomic mass is 35.5. The minimum atomic E-state index is -0.607. The molecule has 1 aromatic carbocycles. The third-order valence-electron chi connectivity index (χ3n) is 5.21. The fourth-order valence-corrected chi connectivity index (χ4v) is 3.58. The van der Waals surface area contributed by atoms with Crippen LogP contribution in [0.2, 0.25) is 5.02 Å². The van der Waals surface area contributed by atoms with Crippen molar-refractivity contribution >= 4 is 23.4 Å². The van der Waals surface area contributed by atoms with E-state index in [0.717, 1.165) is 24.6 Å². The first kappa shape index (κ1) is 25.9. The van der Waals surface area contributed by atoms with E-state index in [4.69, 9.17) is 16.7 Å². The Morgan fingerprint density at radius 3 is 2.77 bits per heavy atom. The molecule has 1 heterocycles. The Labute approximate surface area is 208 Å². The number of carbonyl (C=O) groups excluding carboxylic acids is 2. The van der Waals surface area contributed by atoms with E-state index in [-0.39, 0.29) is 40.7 Å². The van der Waals surface area contributed by atoms with E-state index in [1.165, 1.54) is 18.3 Å². The molecular weight excluding hydrogens is 471 g/mol. The van der Waals surface area contributed by atoms with E-state index in [2.05, 4.69) is 22.2 Å². The second-order valence-corrected chi connectivity index (χ2v) is 8.09. The fraction of sp³-hybridized carbons (Fsp3) is 0.192. The second-order valence-electron chi connectivity index (χ2n) is 7.68. The first-order valence-corrected chi connectivity index (χ1v) is 11.3. The number of carbonyl (C=O) groups is 2. The van der Waals surface area contributed by atoms with Crippen LogP contribution in [0.1, 0.15) is 23.2 Å². The molecule has 0 fully saturated rings. The van der Waals surface area contributed by atoms with Gasteiger partial charge in [-0.05, 0) is 49.3 Å². The predicted octanol–water partition coefficient (Wildman–Crippen LogP) is 3.94. The smallest absolute Gasteiger partial charge is 0.258 e. The van der Waals surface area contributed by atoms with Crippen LogP contribution in [-0.4, -0.2) is 47.0 Å². The van der Waals surface area contributed by atoms with Crippen molar-refractivity contribution in [3.63, 3.8) is 0 Å². The molecule has 1 aliphatic carbocycles. The molecule has 3 rings (SSSR count). The van der Waals surface area contributed by atoms with Crippen molar-refractivity contribution in [2.45, 2.75) is 12.8 Å². The Morgan fingerprint density at radius 1 is 1.31 bits per heavy atom. The van der Waals surface area contributed by atoms with E-state index in [1.54, 1.807) is 30.1 Å². The number of benzene rings is 1. The van der Waals surface area contributed by atoms with Crippen LogP contribution in [0.3, 0.4) is 0 Å². The summed E-state index contributed by atoms with van der Waals surface area (Å²) in [6, 6.07) is 7.46. The number of pyridine rings is 1. The minimum absolute atomic E-state index is 0.0385. The lowest BCUT2D eigenvalue weighted by molar-refractivity contribution is -0.117. The molecule has 0 saturated carbocycles. The lowest BCUT2D eigenvalue weighted by Crippen LogP contribution is -2.34. The number of rotatable bonds is 9. The molecule has 1 aliphatic rings. The topological polar surface area (TPSA) is 94.6 Å². The molecule has 0 aliphatic heterocycles. The number of aromatic nitrogens is 1. The number of amides is 2. The highest BCUT2D eigenvalue weighted by Crippen LogP contribution is 2.28. The van der Waals surface area contributed by atoms with Crippen LogP contribution in [0.5, 0.6) is 0 Å². The van der Waals surface area contributed by atoms with Crippen molar-refractivity contribution in [2.24, 2.45) is 0 Å². The second kappa shape index (κ2) is 12.1. The number of nitrogens with one attached hydrogen (secondary N) is 2. The highest BCUT2D eigenvalue weighted by molar-refractivity contribution is 6.34. The zero-order valence-electron chi connectivity index (χ0n) is 19.2. The Bertz CT molecular complexity index is 1210. The van der Waals surface area contributed by atoms with Gasteiger partial charge in [-0.15, -0.1) is 0 Å². The number of nitrogens with zero attached hydrogens (tertiary/aromatic N) is 2. The Hall–Kier alpha value is -3.75. The summed E-state index contributed by atoms with van der Waals surface area (Å²) in [5.41, 5.74) is 1.41. The molecular formula is C26H26ClFN4O3. The summed E-state index contributed by atoms with van der Waals surface area (Å²) in [5.74, 6) is -1.44. The highest BCUT2D eigenvalue weighted by Gasteiger charge is 2.20. The summed E-state index contributed by atoms with van der Waals surface area (Å²) < 4.78 is 14.6.